The van der Waals surface area contributed by atoms with Crippen molar-refractivity contribution < 1.29 is 0 Å². The molecule has 4 heteroatoms. The van der Waals surface area contributed by atoms with E-state index in [0.29, 0.717) is 4.77 Å². The van der Waals surface area contributed by atoms with Crippen LogP contribution in [0, 0.1) is 18.6 Å². The van der Waals surface area contributed by atoms with Crippen LogP contribution in [0.4, 0.5) is 0 Å². The third-order valence-electron chi connectivity index (χ3n) is 1.16. The number of nitrogens with one attached hydrogen (secondary N) is 2. The molecule has 1 aromatic rings. The lowest BCUT2D eigenvalue weighted by molar-refractivity contribution is 1.22. The van der Waals surface area contributed by atoms with Gasteiger partial charge < -0.3 is 9.97 Å². The second kappa shape index (κ2) is 3.03. The third kappa shape index (κ3) is 1.84. The molecule has 1 heterocycles. The van der Waals surface area contributed by atoms with Gasteiger partial charge in [-0.15, -0.1) is 12.4 Å². The van der Waals surface area contributed by atoms with Crippen LogP contribution in [0.3, 0.4) is 0 Å². The number of aromatic amines is 2. The molecule has 2 nitrogen and oxygen atoms in total. The van der Waals surface area contributed by atoms with E-state index in [-0.39, 0.29) is 12.4 Å². The highest BCUT2D eigenvalue weighted by Crippen LogP contribution is 1.97. The maximum Gasteiger partial charge on any atom is 0.174 e. The molecule has 0 aliphatic carbocycles. The van der Waals surface area contributed by atoms with Crippen molar-refractivity contribution in [2.45, 2.75) is 13.8 Å². The van der Waals surface area contributed by atoms with Gasteiger partial charge in [-0.1, -0.05) is 0 Å². The number of H-pyrrole nitrogens is 2. The van der Waals surface area contributed by atoms with Crippen LogP contribution in [0.15, 0.2) is 0 Å². The largest absolute Gasteiger partial charge is 0.335 e. The Balaban J connectivity index is 0.000000640. The van der Waals surface area contributed by atoms with Crippen LogP contribution in [0.2, 0.25) is 0 Å². The minimum absolute atomic E-state index is 0. The van der Waals surface area contributed by atoms with Crippen molar-refractivity contribution in [2.75, 3.05) is 0 Å². The molecular formula is C5H9ClN2S. The fourth-order valence-corrected chi connectivity index (χ4v) is 0.866. The van der Waals surface area contributed by atoms with E-state index in [1.165, 1.54) is 0 Å². The van der Waals surface area contributed by atoms with Gasteiger partial charge in [0.1, 0.15) is 0 Å². The normalized spacial score (nSPS) is 8.67. The van der Waals surface area contributed by atoms with Gasteiger partial charge in [0.25, 0.3) is 0 Å². The first-order chi connectivity index (χ1) is 3.70. The van der Waals surface area contributed by atoms with Gasteiger partial charge in [-0.2, -0.15) is 0 Å². The van der Waals surface area contributed by atoms with E-state index in [2.05, 4.69) is 9.97 Å². The van der Waals surface area contributed by atoms with E-state index >= 15 is 0 Å². The van der Waals surface area contributed by atoms with E-state index in [1.54, 1.807) is 0 Å². The monoisotopic (exact) mass is 164 g/mol. The van der Waals surface area contributed by atoms with Crippen molar-refractivity contribution in [2.24, 2.45) is 0 Å². The molecule has 1 aromatic heterocycles. The Kier molecular flexibility index (Phi) is 2.94. The molecule has 0 atom stereocenters. The molecular weight excluding hydrogens is 156 g/mol. The molecule has 0 unspecified atom stereocenters. The molecule has 0 fully saturated rings. The molecule has 0 spiro atoms. The van der Waals surface area contributed by atoms with Crippen LogP contribution in [0.5, 0.6) is 0 Å². The average molecular weight is 165 g/mol. The molecule has 9 heavy (non-hydrogen) atoms. The fourth-order valence-electron chi connectivity index (χ4n) is 0.559. The van der Waals surface area contributed by atoms with Crippen LogP contribution in [0.1, 0.15) is 11.4 Å². The van der Waals surface area contributed by atoms with E-state index in [4.69, 9.17) is 12.2 Å². The summed E-state index contributed by atoms with van der Waals surface area (Å²) in [7, 11) is 0. The van der Waals surface area contributed by atoms with Crippen LogP contribution in [-0.4, -0.2) is 9.97 Å². The molecule has 2 N–H and O–H groups in total. The standard InChI is InChI=1S/C5H8N2S.ClH/c1-3-4(2)7-5(8)6-3;/h1-2H3,(H2,6,7,8);1H. The van der Waals surface area contributed by atoms with Crippen LogP contribution in [0.25, 0.3) is 0 Å². The molecule has 0 radical (unpaired) electrons. The van der Waals surface area contributed by atoms with Gasteiger partial charge in [-0.25, -0.2) is 0 Å². The minimum Gasteiger partial charge on any atom is -0.335 e. The Hall–Kier alpha value is -0.280. The van der Waals surface area contributed by atoms with Crippen molar-refractivity contribution >= 4 is 24.6 Å². The summed E-state index contributed by atoms with van der Waals surface area (Å²) in [5.74, 6) is 0. The maximum atomic E-state index is 4.81. The maximum absolute atomic E-state index is 4.81. The Morgan fingerprint density at radius 2 is 1.44 bits per heavy atom. The summed E-state index contributed by atoms with van der Waals surface area (Å²) in [5.41, 5.74) is 2.24. The zero-order valence-electron chi connectivity index (χ0n) is 5.32. The Bertz CT molecular complexity index is 215. The minimum atomic E-state index is 0. The highest BCUT2D eigenvalue weighted by atomic mass is 35.5. The Morgan fingerprint density at radius 1 is 1.11 bits per heavy atom. The second-order valence-corrected chi connectivity index (χ2v) is 2.24. The van der Waals surface area contributed by atoms with Crippen molar-refractivity contribution in [1.29, 1.82) is 0 Å². The molecule has 0 aliphatic rings. The lowest BCUT2D eigenvalue weighted by Crippen LogP contribution is -1.71. The molecule has 0 saturated heterocycles. The lowest BCUT2D eigenvalue weighted by Gasteiger charge is -1.80. The van der Waals surface area contributed by atoms with E-state index in [1.807, 2.05) is 13.8 Å². The van der Waals surface area contributed by atoms with E-state index in [9.17, 15) is 0 Å². The predicted molar refractivity (Wildman–Crippen MR) is 42.7 cm³/mol. The quantitative estimate of drug-likeness (QED) is 0.566. The van der Waals surface area contributed by atoms with Gasteiger partial charge in [0.2, 0.25) is 0 Å². The third-order valence-corrected chi connectivity index (χ3v) is 1.37. The second-order valence-electron chi connectivity index (χ2n) is 1.83. The average Bonchev–Trinajstić information content (AvgIpc) is 1.85. The van der Waals surface area contributed by atoms with Crippen molar-refractivity contribution in [3.05, 3.63) is 16.2 Å². The number of rotatable bonds is 0. The summed E-state index contributed by atoms with van der Waals surface area (Å²) >= 11 is 4.81. The van der Waals surface area contributed by atoms with Crippen LogP contribution < -0.4 is 0 Å². The lowest BCUT2D eigenvalue weighted by atomic mass is 10.4. The Morgan fingerprint density at radius 3 is 1.56 bits per heavy atom. The molecule has 0 amide bonds. The summed E-state index contributed by atoms with van der Waals surface area (Å²) in [6.45, 7) is 3.98. The first kappa shape index (κ1) is 8.72. The summed E-state index contributed by atoms with van der Waals surface area (Å²) < 4.78 is 0.708. The van der Waals surface area contributed by atoms with Gasteiger partial charge in [-0.3, -0.25) is 0 Å². The highest BCUT2D eigenvalue weighted by molar-refractivity contribution is 7.71. The van der Waals surface area contributed by atoms with Gasteiger partial charge in [-0.05, 0) is 26.1 Å². The topological polar surface area (TPSA) is 31.6 Å². The summed E-state index contributed by atoms with van der Waals surface area (Å²) in [5, 5.41) is 0. The summed E-state index contributed by atoms with van der Waals surface area (Å²) in [6, 6.07) is 0. The molecule has 0 aliphatic heterocycles. The number of imidazole rings is 1. The molecule has 0 aromatic carbocycles. The smallest absolute Gasteiger partial charge is 0.174 e. The zero-order valence-corrected chi connectivity index (χ0v) is 6.95. The summed E-state index contributed by atoms with van der Waals surface area (Å²) in [4.78, 5) is 5.93. The number of halogens is 1. The van der Waals surface area contributed by atoms with Gasteiger partial charge >= 0.3 is 0 Å². The molecule has 1 rings (SSSR count). The van der Waals surface area contributed by atoms with E-state index in [0.717, 1.165) is 11.4 Å². The van der Waals surface area contributed by atoms with Gasteiger partial charge in [0.05, 0.1) is 0 Å². The van der Waals surface area contributed by atoms with Crippen molar-refractivity contribution in [3.8, 4) is 0 Å². The van der Waals surface area contributed by atoms with Gasteiger partial charge in [0, 0.05) is 11.4 Å². The number of hydrogen-bond donors (Lipinski definition) is 2. The number of aromatic nitrogens is 2. The Labute approximate surface area is 65.1 Å². The first-order valence-corrected chi connectivity index (χ1v) is 2.86. The van der Waals surface area contributed by atoms with Crippen LogP contribution in [-0.2, 0) is 0 Å². The zero-order chi connectivity index (χ0) is 6.15. The van der Waals surface area contributed by atoms with E-state index < -0.39 is 0 Å². The van der Waals surface area contributed by atoms with Gasteiger partial charge in [0.15, 0.2) is 4.77 Å². The fraction of sp³-hybridized carbons (Fsp3) is 0.400. The molecule has 0 bridgehead atoms. The molecule has 52 valence electrons. The predicted octanol–water partition coefficient (Wildman–Crippen LogP) is 2.11. The van der Waals surface area contributed by atoms with Crippen molar-refractivity contribution in [1.82, 2.24) is 9.97 Å². The van der Waals surface area contributed by atoms with Crippen LogP contribution >= 0.6 is 24.6 Å². The van der Waals surface area contributed by atoms with Crippen molar-refractivity contribution in [3.63, 3.8) is 0 Å². The number of aryl methyl sites for hydroxylation is 2. The summed E-state index contributed by atoms with van der Waals surface area (Å²) in [6.07, 6.45) is 0. The number of hydrogen-bond acceptors (Lipinski definition) is 1. The first-order valence-electron chi connectivity index (χ1n) is 2.45. The highest BCUT2D eigenvalue weighted by Gasteiger charge is 1.89. The molecule has 0 saturated carbocycles. The SMILES string of the molecule is Cc1[nH]c(=S)[nH]c1C.Cl.